The highest BCUT2D eigenvalue weighted by atomic mass is 79.9. The summed E-state index contributed by atoms with van der Waals surface area (Å²) in [5.74, 6) is -0.838. The number of thiocarbonyl (C=S) groups is 1. The molecule has 1 heterocycles. The van der Waals surface area contributed by atoms with Crippen molar-refractivity contribution in [3.8, 4) is 0 Å². The van der Waals surface area contributed by atoms with Crippen LogP contribution in [0.2, 0.25) is 0 Å². The number of nitrogens with one attached hydrogen (secondary N) is 1. The lowest BCUT2D eigenvalue weighted by Crippen LogP contribution is -2.61. The van der Waals surface area contributed by atoms with Crippen LogP contribution in [0.25, 0.3) is 0 Å². The smallest absolute Gasteiger partial charge is 0.253 e. The second-order valence-electron chi connectivity index (χ2n) is 5.33. The number of hydrogen-bond donors (Lipinski definition) is 2. The monoisotopic (exact) mass is 373 g/mol. The van der Waals surface area contributed by atoms with Gasteiger partial charge in [0.15, 0.2) is 0 Å². The van der Waals surface area contributed by atoms with E-state index in [9.17, 15) is 9.18 Å². The lowest BCUT2D eigenvalue weighted by atomic mass is 9.87. The summed E-state index contributed by atoms with van der Waals surface area (Å²) in [6, 6.07) is 3.99. The number of carbonyl (C=O) groups excluding carboxylic acids is 1. The fourth-order valence-electron chi connectivity index (χ4n) is 2.39. The first-order chi connectivity index (χ1) is 9.84. The minimum Gasteiger partial charge on any atom is -0.391 e. The fourth-order valence-corrected chi connectivity index (χ4v) is 3.07. The minimum atomic E-state index is -0.704. The van der Waals surface area contributed by atoms with Gasteiger partial charge in [0.05, 0.1) is 16.1 Å². The van der Waals surface area contributed by atoms with E-state index in [-0.39, 0.29) is 16.5 Å². The Bertz CT molecular complexity index is 573. The normalized spacial score (nSPS) is 18.2. The van der Waals surface area contributed by atoms with Gasteiger partial charge >= 0.3 is 0 Å². The number of rotatable bonds is 3. The van der Waals surface area contributed by atoms with Crippen molar-refractivity contribution in [1.29, 1.82) is 0 Å². The Kier molecular flexibility index (Phi) is 4.95. The molecule has 21 heavy (non-hydrogen) atoms. The summed E-state index contributed by atoms with van der Waals surface area (Å²) >= 11 is 8.41. The Hall–Kier alpha value is -1.05. The number of amides is 1. The quantitative estimate of drug-likeness (QED) is 0.796. The van der Waals surface area contributed by atoms with Gasteiger partial charge in [-0.05, 0) is 54.0 Å². The van der Waals surface area contributed by atoms with E-state index in [0.29, 0.717) is 17.3 Å². The van der Waals surface area contributed by atoms with Gasteiger partial charge in [-0.1, -0.05) is 12.2 Å². The van der Waals surface area contributed by atoms with Gasteiger partial charge in [0.25, 0.3) is 5.91 Å². The third kappa shape index (κ3) is 3.59. The third-order valence-corrected chi connectivity index (χ3v) is 4.92. The lowest BCUT2D eigenvalue weighted by Gasteiger charge is -2.40. The molecular weight excluding hydrogens is 357 g/mol. The molecule has 114 valence electrons. The average molecular weight is 374 g/mol. The summed E-state index contributed by atoms with van der Waals surface area (Å²) < 4.78 is 13.9. The van der Waals surface area contributed by atoms with Gasteiger partial charge in [0, 0.05) is 17.6 Å². The zero-order chi connectivity index (χ0) is 15.6. The molecule has 1 aliphatic heterocycles. The van der Waals surface area contributed by atoms with Crippen molar-refractivity contribution in [3.05, 3.63) is 34.1 Å². The molecule has 1 aliphatic rings. The van der Waals surface area contributed by atoms with Gasteiger partial charge in [-0.15, -0.1) is 0 Å². The van der Waals surface area contributed by atoms with E-state index in [4.69, 9.17) is 18.0 Å². The zero-order valence-corrected chi connectivity index (χ0v) is 14.1. The first-order valence-corrected chi connectivity index (χ1v) is 7.80. The highest BCUT2D eigenvalue weighted by Crippen LogP contribution is 2.24. The topological polar surface area (TPSA) is 58.4 Å². The number of carbonyl (C=O) groups is 1. The van der Waals surface area contributed by atoms with Gasteiger partial charge in [-0.3, -0.25) is 4.79 Å². The van der Waals surface area contributed by atoms with E-state index < -0.39 is 11.4 Å². The number of likely N-dealkylation sites (tertiary alicyclic amines) is 1. The Morgan fingerprint density at radius 2 is 2.10 bits per heavy atom. The standard InChI is InChI=1S/C14H17BrFN3OS/c1-19-6-4-14(5-7-19,13(17)21)18-12(20)10-8-9(16)2-3-11(10)15/h2-3,8H,4-7H2,1H3,(H2,17,21)(H,18,20). The number of piperidine rings is 1. The van der Waals surface area contributed by atoms with Crippen molar-refractivity contribution in [2.24, 2.45) is 5.73 Å². The van der Waals surface area contributed by atoms with Crippen LogP contribution in [0.1, 0.15) is 23.2 Å². The predicted octanol–water partition coefficient (Wildman–Crippen LogP) is 2.07. The molecule has 0 aliphatic carbocycles. The van der Waals surface area contributed by atoms with Crippen molar-refractivity contribution >= 4 is 39.0 Å². The Morgan fingerprint density at radius 1 is 1.48 bits per heavy atom. The zero-order valence-electron chi connectivity index (χ0n) is 11.7. The number of benzene rings is 1. The molecule has 0 radical (unpaired) electrons. The minimum absolute atomic E-state index is 0.240. The van der Waals surface area contributed by atoms with Crippen LogP contribution >= 0.6 is 28.1 Å². The number of halogens is 2. The molecule has 2 rings (SSSR count). The van der Waals surface area contributed by atoms with Crippen molar-refractivity contribution < 1.29 is 9.18 Å². The summed E-state index contributed by atoms with van der Waals surface area (Å²) in [7, 11) is 2.01. The number of nitrogens with zero attached hydrogens (tertiary/aromatic N) is 1. The largest absolute Gasteiger partial charge is 0.391 e. The van der Waals surface area contributed by atoms with Gasteiger partial charge in [-0.2, -0.15) is 0 Å². The Morgan fingerprint density at radius 3 is 2.67 bits per heavy atom. The van der Waals surface area contributed by atoms with Crippen LogP contribution < -0.4 is 11.1 Å². The van der Waals surface area contributed by atoms with Gasteiger partial charge in [-0.25, -0.2) is 4.39 Å². The van der Waals surface area contributed by atoms with Crippen LogP contribution in [0.4, 0.5) is 4.39 Å². The maximum absolute atomic E-state index is 13.3. The van der Waals surface area contributed by atoms with Crippen molar-refractivity contribution in [3.63, 3.8) is 0 Å². The van der Waals surface area contributed by atoms with E-state index >= 15 is 0 Å². The first-order valence-electron chi connectivity index (χ1n) is 6.60. The van der Waals surface area contributed by atoms with E-state index in [1.165, 1.54) is 18.2 Å². The highest BCUT2D eigenvalue weighted by molar-refractivity contribution is 9.10. The Labute approximate surface area is 137 Å². The van der Waals surface area contributed by atoms with Crippen molar-refractivity contribution in [2.45, 2.75) is 18.4 Å². The SMILES string of the molecule is CN1CCC(NC(=O)c2cc(F)ccc2Br)(C(N)=S)CC1. The first kappa shape index (κ1) is 16.3. The fraction of sp³-hybridized carbons (Fsp3) is 0.429. The molecule has 0 bridgehead atoms. The molecule has 0 atom stereocenters. The van der Waals surface area contributed by atoms with Gasteiger partial charge in [0.1, 0.15) is 5.82 Å². The third-order valence-electron chi connectivity index (χ3n) is 3.84. The molecule has 1 aromatic carbocycles. The van der Waals surface area contributed by atoms with Crippen LogP contribution in [0.3, 0.4) is 0 Å². The number of hydrogen-bond acceptors (Lipinski definition) is 3. The lowest BCUT2D eigenvalue weighted by molar-refractivity contribution is 0.0889. The predicted molar refractivity (Wildman–Crippen MR) is 87.8 cm³/mol. The van der Waals surface area contributed by atoms with Crippen LogP contribution in [0.15, 0.2) is 22.7 Å². The molecule has 0 unspecified atom stereocenters. The summed E-state index contributed by atoms with van der Waals surface area (Å²) in [4.78, 5) is 14.9. The van der Waals surface area contributed by atoms with Crippen LogP contribution in [-0.4, -0.2) is 41.5 Å². The van der Waals surface area contributed by atoms with E-state index in [0.717, 1.165) is 13.1 Å². The molecule has 7 heteroatoms. The molecule has 4 nitrogen and oxygen atoms in total. The molecule has 0 saturated carbocycles. The molecule has 1 fully saturated rings. The summed E-state index contributed by atoms with van der Waals surface area (Å²) in [5.41, 5.74) is 5.39. The molecule has 0 aromatic heterocycles. The van der Waals surface area contributed by atoms with Crippen molar-refractivity contribution in [1.82, 2.24) is 10.2 Å². The molecule has 0 spiro atoms. The number of nitrogens with two attached hydrogens (primary N) is 1. The second-order valence-corrected chi connectivity index (χ2v) is 6.62. The average Bonchev–Trinajstić information content (AvgIpc) is 2.44. The molecule has 1 aromatic rings. The van der Waals surface area contributed by atoms with Crippen LogP contribution in [0.5, 0.6) is 0 Å². The maximum atomic E-state index is 13.3. The second kappa shape index (κ2) is 6.37. The summed E-state index contributed by atoms with van der Waals surface area (Å²) in [5, 5.41) is 2.91. The van der Waals surface area contributed by atoms with Crippen LogP contribution in [0, 0.1) is 5.82 Å². The molecule has 1 amide bonds. The molecular formula is C14H17BrFN3OS. The maximum Gasteiger partial charge on any atom is 0.253 e. The summed E-state index contributed by atoms with van der Waals surface area (Å²) in [6.07, 6.45) is 1.30. The molecule has 1 saturated heterocycles. The summed E-state index contributed by atoms with van der Waals surface area (Å²) in [6.45, 7) is 1.59. The highest BCUT2D eigenvalue weighted by Gasteiger charge is 2.38. The van der Waals surface area contributed by atoms with Crippen LogP contribution in [-0.2, 0) is 0 Å². The van der Waals surface area contributed by atoms with Gasteiger partial charge in [0.2, 0.25) is 0 Å². The van der Waals surface area contributed by atoms with E-state index in [2.05, 4.69) is 26.1 Å². The molecule has 3 N–H and O–H groups in total. The van der Waals surface area contributed by atoms with E-state index in [1.54, 1.807) is 0 Å². The van der Waals surface area contributed by atoms with E-state index in [1.807, 2.05) is 7.05 Å². The Balaban J connectivity index is 2.23. The van der Waals surface area contributed by atoms with Gasteiger partial charge < -0.3 is 16.0 Å². The van der Waals surface area contributed by atoms with Crippen molar-refractivity contribution in [2.75, 3.05) is 20.1 Å².